The van der Waals surface area contributed by atoms with Crippen LogP contribution in [0.5, 0.6) is 0 Å². The Labute approximate surface area is 108 Å². The van der Waals surface area contributed by atoms with Crippen LogP contribution in [0, 0.1) is 18.3 Å². The number of H-pyrrole nitrogens is 1. The molecule has 0 bridgehead atoms. The van der Waals surface area contributed by atoms with Crippen LogP contribution in [0.2, 0.25) is 0 Å². The topological polar surface area (TPSA) is 131 Å². The summed E-state index contributed by atoms with van der Waals surface area (Å²) in [5, 5.41) is 8.25. The summed E-state index contributed by atoms with van der Waals surface area (Å²) in [6.45, 7) is 1.37. The first kappa shape index (κ1) is 14.7. The van der Waals surface area contributed by atoms with Crippen molar-refractivity contribution in [3.63, 3.8) is 0 Å². The van der Waals surface area contributed by atoms with Crippen molar-refractivity contribution in [1.82, 2.24) is 9.55 Å². The van der Waals surface area contributed by atoms with Crippen molar-refractivity contribution in [3.05, 3.63) is 32.6 Å². The van der Waals surface area contributed by atoms with Gasteiger partial charge in [-0.3, -0.25) is 14.6 Å². The Balaban J connectivity index is 2.65. The van der Waals surface area contributed by atoms with E-state index in [4.69, 9.17) is 11.0 Å². The SMILES string of the molecule is Cc1cn(CC[C@H](N)C(=O)OCC#N)c(=O)[nH]c1=O. The second kappa shape index (κ2) is 6.51. The summed E-state index contributed by atoms with van der Waals surface area (Å²) in [4.78, 5) is 36.0. The van der Waals surface area contributed by atoms with Gasteiger partial charge in [-0.1, -0.05) is 0 Å². The number of esters is 1. The lowest BCUT2D eigenvalue weighted by Crippen LogP contribution is -2.36. The molecule has 0 aliphatic heterocycles. The average Bonchev–Trinajstić information content (AvgIpc) is 2.38. The highest BCUT2D eigenvalue weighted by Crippen LogP contribution is 1.95. The molecule has 102 valence electrons. The standard InChI is InChI=1S/C11H14N4O4/c1-7-6-15(11(18)14-9(7)16)4-2-8(13)10(17)19-5-3-12/h6,8H,2,4-5,13H2,1H3,(H,14,16,18)/t8-/m0/s1. The van der Waals surface area contributed by atoms with Crippen LogP contribution >= 0.6 is 0 Å². The summed E-state index contributed by atoms with van der Waals surface area (Å²) >= 11 is 0. The summed E-state index contributed by atoms with van der Waals surface area (Å²) in [5.74, 6) is -0.698. The van der Waals surface area contributed by atoms with Gasteiger partial charge >= 0.3 is 11.7 Å². The molecule has 0 fully saturated rings. The number of hydrogen-bond donors (Lipinski definition) is 2. The third-order valence-electron chi connectivity index (χ3n) is 2.45. The molecule has 0 unspecified atom stereocenters. The predicted octanol–water partition coefficient (Wildman–Crippen LogP) is -1.37. The molecule has 0 radical (unpaired) electrons. The monoisotopic (exact) mass is 266 g/mol. The first-order valence-corrected chi connectivity index (χ1v) is 5.55. The van der Waals surface area contributed by atoms with E-state index >= 15 is 0 Å². The zero-order valence-electron chi connectivity index (χ0n) is 10.4. The molecule has 1 rings (SSSR count). The molecule has 1 aromatic heterocycles. The average molecular weight is 266 g/mol. The largest absolute Gasteiger partial charge is 0.449 e. The molecule has 0 amide bonds. The molecule has 0 saturated carbocycles. The minimum atomic E-state index is -0.924. The van der Waals surface area contributed by atoms with Crippen molar-refractivity contribution < 1.29 is 9.53 Å². The number of aromatic amines is 1. The quantitative estimate of drug-likeness (QED) is 0.632. The van der Waals surface area contributed by atoms with Crippen LogP contribution in [-0.4, -0.2) is 28.2 Å². The molecule has 0 aliphatic rings. The first-order valence-electron chi connectivity index (χ1n) is 5.55. The molecule has 1 heterocycles. The number of nitrogens with one attached hydrogen (secondary N) is 1. The van der Waals surface area contributed by atoms with Crippen LogP contribution in [0.3, 0.4) is 0 Å². The van der Waals surface area contributed by atoms with E-state index in [-0.39, 0.29) is 19.6 Å². The van der Waals surface area contributed by atoms with Crippen molar-refractivity contribution in [1.29, 1.82) is 5.26 Å². The fourth-order valence-electron chi connectivity index (χ4n) is 1.39. The molecular formula is C11H14N4O4. The second-order valence-electron chi connectivity index (χ2n) is 3.93. The van der Waals surface area contributed by atoms with Gasteiger partial charge in [0.2, 0.25) is 0 Å². The Morgan fingerprint density at radius 2 is 2.32 bits per heavy atom. The van der Waals surface area contributed by atoms with Crippen molar-refractivity contribution >= 4 is 5.97 Å². The number of aromatic nitrogens is 2. The molecule has 8 heteroatoms. The van der Waals surface area contributed by atoms with Gasteiger partial charge in [-0.05, 0) is 13.3 Å². The molecule has 19 heavy (non-hydrogen) atoms. The molecule has 1 atom stereocenters. The molecule has 3 N–H and O–H groups in total. The van der Waals surface area contributed by atoms with Gasteiger partial charge in [0.05, 0.1) is 0 Å². The number of hydrogen-bond acceptors (Lipinski definition) is 6. The van der Waals surface area contributed by atoms with Gasteiger partial charge in [-0.25, -0.2) is 4.79 Å². The second-order valence-corrected chi connectivity index (χ2v) is 3.93. The molecular weight excluding hydrogens is 252 g/mol. The highest BCUT2D eigenvalue weighted by atomic mass is 16.5. The van der Waals surface area contributed by atoms with Gasteiger partial charge in [-0.2, -0.15) is 5.26 Å². The number of nitrogens with two attached hydrogens (primary N) is 1. The maximum absolute atomic E-state index is 11.5. The molecule has 0 spiro atoms. The van der Waals surface area contributed by atoms with Gasteiger partial charge in [0.25, 0.3) is 5.56 Å². The third-order valence-corrected chi connectivity index (χ3v) is 2.45. The number of nitrogens with zero attached hydrogens (tertiary/aromatic N) is 2. The number of rotatable bonds is 5. The summed E-state index contributed by atoms with van der Waals surface area (Å²) in [6.07, 6.45) is 1.56. The Hall–Kier alpha value is -2.40. The van der Waals surface area contributed by atoms with Crippen molar-refractivity contribution in [2.75, 3.05) is 6.61 Å². The first-order chi connectivity index (χ1) is 8.95. The van der Waals surface area contributed by atoms with Crippen LogP contribution in [0.25, 0.3) is 0 Å². The summed E-state index contributed by atoms with van der Waals surface area (Å²) in [7, 11) is 0. The number of carbonyl (C=O) groups is 1. The van der Waals surface area contributed by atoms with Gasteiger partial charge in [0.15, 0.2) is 6.61 Å². The molecule has 1 aromatic rings. The minimum absolute atomic E-state index is 0.162. The van der Waals surface area contributed by atoms with Crippen LogP contribution in [0.4, 0.5) is 0 Å². The van der Waals surface area contributed by atoms with Crippen molar-refractivity contribution in [2.24, 2.45) is 5.73 Å². The smallest absolute Gasteiger partial charge is 0.328 e. The lowest BCUT2D eigenvalue weighted by Gasteiger charge is -2.11. The van der Waals surface area contributed by atoms with E-state index in [1.807, 2.05) is 0 Å². The van der Waals surface area contributed by atoms with Crippen LogP contribution in [0.1, 0.15) is 12.0 Å². The van der Waals surface area contributed by atoms with Gasteiger partial charge in [0.1, 0.15) is 12.1 Å². The number of ether oxygens (including phenoxy) is 1. The van der Waals surface area contributed by atoms with E-state index in [0.29, 0.717) is 5.56 Å². The minimum Gasteiger partial charge on any atom is -0.449 e. The summed E-state index contributed by atoms with van der Waals surface area (Å²) in [5.41, 5.74) is 4.93. The Bertz CT molecular complexity index is 610. The number of aryl methyl sites for hydroxylation is 2. The van der Waals surface area contributed by atoms with Gasteiger partial charge in [-0.15, -0.1) is 0 Å². The number of nitriles is 1. The Morgan fingerprint density at radius 3 is 2.95 bits per heavy atom. The zero-order valence-corrected chi connectivity index (χ0v) is 10.4. The fourth-order valence-corrected chi connectivity index (χ4v) is 1.39. The molecule has 0 aliphatic carbocycles. The summed E-state index contributed by atoms with van der Waals surface area (Å²) in [6, 6.07) is 0.733. The lowest BCUT2D eigenvalue weighted by molar-refractivity contribution is -0.144. The Kier molecular flexibility index (Phi) is 5.02. The van der Waals surface area contributed by atoms with Gasteiger partial charge in [0, 0.05) is 18.3 Å². The Morgan fingerprint density at radius 1 is 1.63 bits per heavy atom. The zero-order chi connectivity index (χ0) is 14.4. The fraction of sp³-hybridized carbons (Fsp3) is 0.455. The number of carbonyl (C=O) groups excluding carboxylic acids is 1. The van der Waals surface area contributed by atoms with E-state index in [1.54, 1.807) is 13.0 Å². The maximum Gasteiger partial charge on any atom is 0.328 e. The van der Waals surface area contributed by atoms with Crippen LogP contribution in [0.15, 0.2) is 15.8 Å². The van der Waals surface area contributed by atoms with Crippen molar-refractivity contribution in [3.8, 4) is 6.07 Å². The van der Waals surface area contributed by atoms with Crippen LogP contribution in [-0.2, 0) is 16.1 Å². The molecule has 0 saturated heterocycles. The van der Waals surface area contributed by atoms with Crippen molar-refractivity contribution in [2.45, 2.75) is 25.9 Å². The highest BCUT2D eigenvalue weighted by Gasteiger charge is 2.15. The highest BCUT2D eigenvalue weighted by molar-refractivity contribution is 5.75. The van der Waals surface area contributed by atoms with E-state index in [9.17, 15) is 14.4 Å². The lowest BCUT2D eigenvalue weighted by atomic mass is 10.2. The summed E-state index contributed by atoms with van der Waals surface area (Å²) < 4.78 is 5.80. The predicted molar refractivity (Wildman–Crippen MR) is 65.2 cm³/mol. The maximum atomic E-state index is 11.5. The van der Waals surface area contributed by atoms with E-state index in [2.05, 4.69) is 9.72 Å². The normalized spacial score (nSPS) is 11.6. The third kappa shape index (κ3) is 4.08. The van der Waals surface area contributed by atoms with Crippen LogP contribution < -0.4 is 17.0 Å². The molecule has 8 nitrogen and oxygen atoms in total. The van der Waals surface area contributed by atoms with E-state index in [1.165, 1.54) is 10.8 Å². The van der Waals surface area contributed by atoms with E-state index in [0.717, 1.165) is 0 Å². The molecule has 0 aromatic carbocycles. The van der Waals surface area contributed by atoms with E-state index < -0.39 is 23.3 Å². The van der Waals surface area contributed by atoms with Gasteiger partial charge < -0.3 is 15.0 Å².